The van der Waals surface area contributed by atoms with Crippen LogP contribution in [0.3, 0.4) is 0 Å². The molecule has 3 heterocycles. The zero-order chi connectivity index (χ0) is 28.9. The van der Waals surface area contributed by atoms with E-state index in [1.54, 1.807) is 6.20 Å². The van der Waals surface area contributed by atoms with E-state index < -0.39 is 5.91 Å². The van der Waals surface area contributed by atoms with Crippen molar-refractivity contribution in [2.45, 2.75) is 69.7 Å². The largest absolute Gasteiger partial charge is 0.364 e. The number of piperidine rings is 2. The minimum atomic E-state index is -0.618. The van der Waals surface area contributed by atoms with Crippen LogP contribution >= 0.6 is 0 Å². The van der Waals surface area contributed by atoms with Crippen LogP contribution in [-0.4, -0.2) is 58.8 Å². The number of amides is 1. The van der Waals surface area contributed by atoms with Gasteiger partial charge in [0.05, 0.1) is 6.20 Å². The average molecular weight is 567 g/mol. The van der Waals surface area contributed by atoms with E-state index in [0.717, 1.165) is 43.2 Å². The smallest absolute Gasteiger partial charge is 0.271 e. The monoisotopic (exact) mass is 566 g/mol. The van der Waals surface area contributed by atoms with E-state index in [1.165, 1.54) is 57.2 Å². The Bertz CT molecular complexity index is 1360. The molecule has 8 nitrogen and oxygen atoms in total. The number of rotatable bonds is 9. The lowest BCUT2D eigenvalue weighted by molar-refractivity contribution is 0.0954. The second kappa shape index (κ2) is 13.0. The van der Waals surface area contributed by atoms with Gasteiger partial charge in [0.2, 0.25) is 0 Å². The number of nitrogens with zero attached hydrogens (tertiary/aromatic N) is 4. The number of primary amides is 1. The number of nitrogens with one attached hydrogen (secondary N) is 1. The van der Waals surface area contributed by atoms with Crippen LogP contribution in [0.1, 0.15) is 90.1 Å². The summed E-state index contributed by atoms with van der Waals surface area (Å²) in [5.41, 5.74) is 8.76. The van der Waals surface area contributed by atoms with Gasteiger partial charge in [0.25, 0.3) is 5.91 Å². The number of carbonyl (C=O) groups excluding carboxylic acids is 2. The number of nitrogens with two attached hydrogens (primary N) is 1. The summed E-state index contributed by atoms with van der Waals surface area (Å²) in [7, 11) is 0. The molecule has 0 spiro atoms. The lowest BCUT2D eigenvalue weighted by Gasteiger charge is -2.36. The number of likely N-dealkylation sites (tertiary alicyclic amines) is 1. The number of carbonyl (C=O) groups is 2. The molecule has 42 heavy (non-hydrogen) atoms. The number of anilines is 3. The molecule has 1 atom stereocenters. The van der Waals surface area contributed by atoms with E-state index >= 15 is 0 Å². The second-order valence-electron chi connectivity index (χ2n) is 12.2. The Kier molecular flexibility index (Phi) is 8.79. The SMILES string of the molecule is NC(=O)c1ncc(N2CCC[C@@H](CC(=O)c3ccccc3)C2)nc1Nc1ccc(C2CCN(C3CCCC3)CC2)cc1. The molecule has 0 bridgehead atoms. The van der Waals surface area contributed by atoms with Gasteiger partial charge < -0.3 is 20.9 Å². The van der Waals surface area contributed by atoms with Crippen molar-refractivity contribution in [3.8, 4) is 0 Å². The summed E-state index contributed by atoms with van der Waals surface area (Å²) in [6, 6.07) is 18.8. The van der Waals surface area contributed by atoms with Gasteiger partial charge in [-0.25, -0.2) is 9.97 Å². The standard InChI is InChI=1S/C34H42N6O2/c35-33(42)32-34(37-28-14-12-25(13-15-28)26-16-19-39(20-17-26)29-10-4-5-11-29)38-31(22-36-32)40-18-6-7-24(23-40)21-30(41)27-8-2-1-3-9-27/h1-3,8-9,12-15,22,24,26,29H,4-7,10-11,16-21,23H2,(H2,35,42)(H,37,38)/t24-/m0/s1. The molecular weight excluding hydrogens is 524 g/mol. The molecule has 220 valence electrons. The number of hydrogen-bond donors (Lipinski definition) is 2. The maximum atomic E-state index is 12.8. The zero-order valence-corrected chi connectivity index (χ0v) is 24.4. The van der Waals surface area contributed by atoms with Crippen molar-refractivity contribution in [2.75, 3.05) is 36.4 Å². The van der Waals surface area contributed by atoms with Crippen molar-refractivity contribution in [1.82, 2.24) is 14.9 Å². The Labute approximate surface area is 248 Å². The highest BCUT2D eigenvalue weighted by Crippen LogP contribution is 2.33. The lowest BCUT2D eigenvalue weighted by atomic mass is 9.88. The van der Waals surface area contributed by atoms with Crippen LogP contribution in [0.25, 0.3) is 0 Å². The van der Waals surface area contributed by atoms with Crippen molar-refractivity contribution in [3.05, 3.63) is 77.6 Å². The minimum Gasteiger partial charge on any atom is -0.364 e. The fourth-order valence-corrected chi connectivity index (χ4v) is 7.09. The van der Waals surface area contributed by atoms with Gasteiger partial charge in [0.1, 0.15) is 5.82 Å². The Morgan fingerprint density at radius 3 is 2.33 bits per heavy atom. The molecule has 3 N–H and O–H groups in total. The Morgan fingerprint density at radius 2 is 1.62 bits per heavy atom. The van der Waals surface area contributed by atoms with Gasteiger partial charge in [0.15, 0.2) is 17.3 Å². The van der Waals surface area contributed by atoms with Gasteiger partial charge >= 0.3 is 0 Å². The van der Waals surface area contributed by atoms with E-state index in [9.17, 15) is 9.59 Å². The molecule has 6 rings (SSSR count). The molecule has 2 aliphatic heterocycles. The molecule has 3 aliphatic rings. The van der Waals surface area contributed by atoms with E-state index in [0.29, 0.717) is 24.0 Å². The molecule has 2 aromatic carbocycles. The number of Topliss-reactive ketones (excluding diaryl/α,β-unsaturated/α-hetero) is 1. The maximum Gasteiger partial charge on any atom is 0.271 e. The Morgan fingerprint density at radius 1 is 0.881 bits per heavy atom. The molecule has 3 fully saturated rings. The van der Waals surface area contributed by atoms with Crippen molar-refractivity contribution >= 4 is 29.0 Å². The van der Waals surface area contributed by atoms with Crippen molar-refractivity contribution in [3.63, 3.8) is 0 Å². The van der Waals surface area contributed by atoms with Crippen molar-refractivity contribution < 1.29 is 9.59 Å². The predicted octanol–water partition coefficient (Wildman–Crippen LogP) is 5.93. The first kappa shape index (κ1) is 28.3. The Hall–Kier alpha value is -3.78. The zero-order valence-electron chi connectivity index (χ0n) is 24.4. The summed E-state index contributed by atoms with van der Waals surface area (Å²) < 4.78 is 0. The summed E-state index contributed by atoms with van der Waals surface area (Å²) in [5, 5.41) is 3.31. The summed E-state index contributed by atoms with van der Waals surface area (Å²) in [5.74, 6) is 1.42. The first-order valence-corrected chi connectivity index (χ1v) is 15.6. The fourth-order valence-electron chi connectivity index (χ4n) is 7.09. The maximum absolute atomic E-state index is 12.8. The summed E-state index contributed by atoms with van der Waals surface area (Å²) in [6.07, 6.45) is 12.0. The molecule has 1 aliphatic carbocycles. The average Bonchev–Trinajstić information content (AvgIpc) is 3.57. The molecule has 1 saturated carbocycles. The molecule has 2 saturated heterocycles. The van der Waals surface area contributed by atoms with Crippen LogP contribution < -0.4 is 16.0 Å². The molecular formula is C34H42N6O2. The molecule has 8 heteroatoms. The first-order chi connectivity index (χ1) is 20.5. The number of benzene rings is 2. The van der Waals surface area contributed by atoms with Gasteiger partial charge in [-0.05, 0) is 81.1 Å². The quantitative estimate of drug-likeness (QED) is 0.309. The van der Waals surface area contributed by atoms with Crippen LogP contribution in [0.15, 0.2) is 60.8 Å². The number of hydrogen-bond acceptors (Lipinski definition) is 7. The highest BCUT2D eigenvalue weighted by Gasteiger charge is 2.28. The highest BCUT2D eigenvalue weighted by molar-refractivity contribution is 5.97. The van der Waals surface area contributed by atoms with E-state index in [2.05, 4.69) is 44.4 Å². The van der Waals surface area contributed by atoms with Crippen LogP contribution in [0, 0.1) is 5.92 Å². The predicted molar refractivity (Wildman–Crippen MR) is 166 cm³/mol. The van der Waals surface area contributed by atoms with E-state index in [-0.39, 0.29) is 17.4 Å². The van der Waals surface area contributed by atoms with Gasteiger partial charge in [-0.1, -0.05) is 55.3 Å². The van der Waals surface area contributed by atoms with Gasteiger partial charge in [0, 0.05) is 36.8 Å². The van der Waals surface area contributed by atoms with Gasteiger partial charge in [-0.2, -0.15) is 0 Å². The van der Waals surface area contributed by atoms with Gasteiger partial charge in [-0.3, -0.25) is 9.59 Å². The van der Waals surface area contributed by atoms with Crippen LogP contribution in [0.4, 0.5) is 17.3 Å². The molecule has 1 amide bonds. The van der Waals surface area contributed by atoms with Gasteiger partial charge in [-0.15, -0.1) is 0 Å². The third kappa shape index (κ3) is 6.65. The topological polar surface area (TPSA) is 104 Å². The Balaban J connectivity index is 1.10. The summed E-state index contributed by atoms with van der Waals surface area (Å²) in [4.78, 5) is 39.1. The minimum absolute atomic E-state index is 0.120. The first-order valence-electron chi connectivity index (χ1n) is 15.6. The summed E-state index contributed by atoms with van der Waals surface area (Å²) >= 11 is 0. The summed E-state index contributed by atoms with van der Waals surface area (Å²) in [6.45, 7) is 3.93. The molecule has 0 unspecified atom stereocenters. The third-order valence-electron chi connectivity index (χ3n) is 9.42. The van der Waals surface area contributed by atoms with E-state index in [1.807, 2.05) is 30.3 Å². The fraction of sp³-hybridized carbons (Fsp3) is 0.471. The molecule has 0 radical (unpaired) electrons. The van der Waals surface area contributed by atoms with Crippen molar-refractivity contribution in [1.29, 1.82) is 0 Å². The second-order valence-corrected chi connectivity index (χ2v) is 12.2. The van der Waals surface area contributed by atoms with E-state index in [4.69, 9.17) is 10.7 Å². The van der Waals surface area contributed by atoms with Crippen LogP contribution in [0.5, 0.6) is 0 Å². The van der Waals surface area contributed by atoms with Crippen LogP contribution in [0.2, 0.25) is 0 Å². The number of aromatic nitrogens is 2. The lowest BCUT2D eigenvalue weighted by Crippen LogP contribution is -2.39. The van der Waals surface area contributed by atoms with Crippen LogP contribution in [-0.2, 0) is 0 Å². The third-order valence-corrected chi connectivity index (χ3v) is 9.42. The molecule has 1 aromatic heterocycles. The number of ketones is 1. The normalized spacial score (nSPS) is 20.5. The highest BCUT2D eigenvalue weighted by atomic mass is 16.1. The van der Waals surface area contributed by atoms with Crippen molar-refractivity contribution in [2.24, 2.45) is 11.7 Å². The molecule has 3 aromatic rings.